The highest BCUT2D eigenvalue weighted by Crippen LogP contribution is 2.43. The Kier molecular flexibility index (Phi) is 6.92. The predicted molar refractivity (Wildman–Crippen MR) is 131 cm³/mol. The first kappa shape index (κ1) is 24.3. The number of carbonyl (C=O) groups is 2. The fraction of sp³-hybridized carbons (Fsp3) is 0.429. The molecule has 1 saturated carbocycles. The SMILES string of the molecule is O=C(Nc1cc(F)ccc1F)N1CC(=O)N2[C@H](CO)[C@H](c3ccc(C#CC4CCCCC4)cc3)[C@H]2C1. The lowest BCUT2D eigenvalue weighted by atomic mass is 9.73. The molecule has 2 aliphatic heterocycles. The van der Waals surface area contributed by atoms with E-state index in [0.29, 0.717) is 5.92 Å². The van der Waals surface area contributed by atoms with Gasteiger partial charge in [-0.1, -0.05) is 43.2 Å². The van der Waals surface area contributed by atoms with Crippen LogP contribution in [0, 0.1) is 29.4 Å². The largest absolute Gasteiger partial charge is 0.394 e. The molecule has 2 aromatic carbocycles. The summed E-state index contributed by atoms with van der Waals surface area (Å²) < 4.78 is 27.5. The van der Waals surface area contributed by atoms with Gasteiger partial charge in [-0.15, -0.1) is 0 Å². The summed E-state index contributed by atoms with van der Waals surface area (Å²) in [5, 5.41) is 12.4. The smallest absolute Gasteiger partial charge is 0.322 e. The first-order valence-corrected chi connectivity index (χ1v) is 12.5. The molecule has 3 aliphatic rings. The molecule has 3 amide bonds. The molecule has 36 heavy (non-hydrogen) atoms. The van der Waals surface area contributed by atoms with Crippen molar-refractivity contribution in [2.24, 2.45) is 5.92 Å². The second-order valence-corrected chi connectivity index (χ2v) is 9.81. The quantitative estimate of drug-likeness (QED) is 0.633. The van der Waals surface area contributed by atoms with Crippen molar-refractivity contribution in [1.29, 1.82) is 0 Å². The summed E-state index contributed by atoms with van der Waals surface area (Å²) in [5.74, 6) is 5.25. The molecule has 188 valence electrons. The Bertz CT molecular complexity index is 1200. The fourth-order valence-corrected chi connectivity index (χ4v) is 5.66. The zero-order valence-electron chi connectivity index (χ0n) is 19.9. The Balaban J connectivity index is 1.29. The number of nitrogens with one attached hydrogen (secondary N) is 1. The van der Waals surface area contributed by atoms with Crippen LogP contribution in [0.15, 0.2) is 42.5 Å². The minimum Gasteiger partial charge on any atom is -0.394 e. The number of amides is 3. The van der Waals surface area contributed by atoms with Crippen LogP contribution in [0.5, 0.6) is 0 Å². The maximum atomic E-state index is 14.0. The molecule has 2 aromatic rings. The van der Waals surface area contributed by atoms with Crippen LogP contribution in [0.25, 0.3) is 0 Å². The van der Waals surface area contributed by atoms with Crippen LogP contribution < -0.4 is 5.32 Å². The second-order valence-electron chi connectivity index (χ2n) is 9.81. The van der Waals surface area contributed by atoms with Gasteiger partial charge in [-0.25, -0.2) is 13.6 Å². The molecule has 0 bridgehead atoms. The van der Waals surface area contributed by atoms with E-state index in [0.717, 1.165) is 42.2 Å². The number of piperazine rings is 1. The average molecular weight is 494 g/mol. The van der Waals surface area contributed by atoms with E-state index in [1.165, 1.54) is 24.2 Å². The monoisotopic (exact) mass is 493 g/mol. The number of urea groups is 1. The van der Waals surface area contributed by atoms with Crippen LogP contribution in [0.1, 0.15) is 49.1 Å². The normalized spacial score (nSPS) is 23.9. The van der Waals surface area contributed by atoms with Crippen LogP contribution in [0.2, 0.25) is 0 Å². The Morgan fingerprint density at radius 1 is 1.08 bits per heavy atom. The van der Waals surface area contributed by atoms with Gasteiger partial charge in [-0.2, -0.15) is 0 Å². The summed E-state index contributed by atoms with van der Waals surface area (Å²) in [7, 11) is 0. The van der Waals surface area contributed by atoms with Gasteiger partial charge >= 0.3 is 6.03 Å². The van der Waals surface area contributed by atoms with Gasteiger partial charge < -0.3 is 20.2 Å². The van der Waals surface area contributed by atoms with Gasteiger partial charge in [0, 0.05) is 30.0 Å². The maximum Gasteiger partial charge on any atom is 0.322 e. The van der Waals surface area contributed by atoms with Gasteiger partial charge in [-0.05, 0) is 42.7 Å². The van der Waals surface area contributed by atoms with Gasteiger partial charge in [0.05, 0.1) is 24.4 Å². The molecule has 1 aliphatic carbocycles. The summed E-state index contributed by atoms with van der Waals surface area (Å²) in [6.07, 6.45) is 6.10. The van der Waals surface area contributed by atoms with Gasteiger partial charge in [0.2, 0.25) is 5.91 Å². The number of halogens is 2. The molecule has 0 radical (unpaired) electrons. The summed E-state index contributed by atoms with van der Waals surface area (Å²) in [4.78, 5) is 28.5. The van der Waals surface area contributed by atoms with E-state index < -0.39 is 17.7 Å². The van der Waals surface area contributed by atoms with Gasteiger partial charge in [0.15, 0.2) is 0 Å². The zero-order valence-corrected chi connectivity index (χ0v) is 19.9. The number of benzene rings is 2. The van der Waals surface area contributed by atoms with E-state index in [1.807, 2.05) is 24.3 Å². The van der Waals surface area contributed by atoms with Crippen molar-refractivity contribution in [3.8, 4) is 11.8 Å². The molecule has 3 atom stereocenters. The number of fused-ring (bicyclic) bond motifs is 1. The number of carbonyl (C=O) groups excluding carboxylic acids is 2. The Hall–Kier alpha value is -3.44. The minimum atomic E-state index is -0.761. The highest BCUT2D eigenvalue weighted by Gasteiger charge is 2.54. The fourth-order valence-electron chi connectivity index (χ4n) is 5.66. The minimum absolute atomic E-state index is 0.152. The molecular weight excluding hydrogens is 464 g/mol. The van der Waals surface area contributed by atoms with Gasteiger partial charge in [-0.3, -0.25) is 4.79 Å². The number of hydrogen-bond acceptors (Lipinski definition) is 3. The molecule has 6 nitrogen and oxygen atoms in total. The highest BCUT2D eigenvalue weighted by atomic mass is 19.1. The third-order valence-corrected chi connectivity index (χ3v) is 7.53. The Labute approximate surface area is 209 Å². The van der Waals surface area contributed by atoms with Crippen molar-refractivity contribution >= 4 is 17.6 Å². The number of aliphatic hydroxyl groups excluding tert-OH is 1. The van der Waals surface area contributed by atoms with E-state index in [4.69, 9.17) is 0 Å². The molecular formula is C28H29F2N3O3. The van der Waals surface area contributed by atoms with Crippen LogP contribution >= 0.6 is 0 Å². The van der Waals surface area contributed by atoms with Crippen LogP contribution in [0.4, 0.5) is 19.3 Å². The van der Waals surface area contributed by atoms with E-state index in [9.17, 15) is 23.5 Å². The Morgan fingerprint density at radius 3 is 2.56 bits per heavy atom. The average Bonchev–Trinajstić information content (AvgIpc) is 2.87. The van der Waals surface area contributed by atoms with Gasteiger partial charge in [0.25, 0.3) is 0 Å². The zero-order chi connectivity index (χ0) is 25.2. The van der Waals surface area contributed by atoms with Crippen molar-refractivity contribution in [2.75, 3.05) is 25.0 Å². The molecule has 0 aromatic heterocycles. The highest BCUT2D eigenvalue weighted by molar-refractivity contribution is 5.94. The molecule has 0 unspecified atom stereocenters. The van der Waals surface area contributed by atoms with Crippen LogP contribution in [-0.2, 0) is 4.79 Å². The molecule has 5 rings (SSSR count). The lowest BCUT2D eigenvalue weighted by molar-refractivity contribution is -0.159. The van der Waals surface area contributed by atoms with Crippen LogP contribution in [0.3, 0.4) is 0 Å². The summed E-state index contributed by atoms with van der Waals surface area (Å²) in [6, 6.07) is 9.32. The first-order valence-electron chi connectivity index (χ1n) is 12.5. The molecule has 2 N–H and O–H groups in total. The number of nitrogens with zero attached hydrogens (tertiary/aromatic N) is 2. The third kappa shape index (κ3) is 4.80. The molecule has 2 heterocycles. The first-order chi connectivity index (χ1) is 17.4. The summed E-state index contributed by atoms with van der Waals surface area (Å²) in [6.45, 7) is -0.159. The van der Waals surface area contributed by atoms with Crippen molar-refractivity contribution in [3.63, 3.8) is 0 Å². The van der Waals surface area contributed by atoms with E-state index in [-0.39, 0.29) is 49.3 Å². The maximum absolute atomic E-state index is 14.0. The standard InChI is InChI=1S/C28H29F2N3O3/c29-21-12-13-22(30)23(14-21)31-28(36)32-15-24-27(25(17-34)33(24)26(35)16-32)20-10-8-19(9-11-20)7-6-18-4-2-1-3-5-18/h8-14,18,24-25,27,34H,1-5,15-17H2,(H,31,36)/t24-,25-,27-/m1/s1. The summed E-state index contributed by atoms with van der Waals surface area (Å²) >= 11 is 0. The molecule has 2 saturated heterocycles. The lowest BCUT2D eigenvalue weighted by Gasteiger charge is -2.58. The number of hydrogen-bond donors (Lipinski definition) is 2. The molecule has 3 fully saturated rings. The van der Waals surface area contributed by atoms with E-state index in [1.54, 1.807) is 4.90 Å². The second kappa shape index (κ2) is 10.3. The van der Waals surface area contributed by atoms with E-state index >= 15 is 0 Å². The molecule has 0 spiro atoms. The number of aliphatic hydroxyl groups is 1. The van der Waals surface area contributed by atoms with Crippen LogP contribution in [-0.4, -0.2) is 58.6 Å². The predicted octanol–water partition coefficient (Wildman–Crippen LogP) is 4.10. The summed E-state index contributed by atoms with van der Waals surface area (Å²) in [5.41, 5.74) is 1.61. The van der Waals surface area contributed by atoms with Gasteiger partial charge in [0.1, 0.15) is 18.2 Å². The number of anilines is 1. The van der Waals surface area contributed by atoms with Crippen molar-refractivity contribution in [3.05, 3.63) is 65.2 Å². The van der Waals surface area contributed by atoms with E-state index in [2.05, 4.69) is 17.2 Å². The molecule has 8 heteroatoms. The Morgan fingerprint density at radius 2 is 1.83 bits per heavy atom. The van der Waals surface area contributed by atoms with Crippen molar-refractivity contribution < 1.29 is 23.5 Å². The number of rotatable bonds is 3. The third-order valence-electron chi connectivity index (χ3n) is 7.53. The van der Waals surface area contributed by atoms with Crippen molar-refractivity contribution in [2.45, 2.75) is 50.1 Å². The van der Waals surface area contributed by atoms with Crippen molar-refractivity contribution in [1.82, 2.24) is 9.80 Å². The lowest BCUT2D eigenvalue weighted by Crippen LogP contribution is -2.73. The topological polar surface area (TPSA) is 72.9 Å².